The lowest BCUT2D eigenvalue weighted by atomic mass is 9.98. The topological polar surface area (TPSA) is 50.3 Å². The van der Waals surface area contributed by atoms with Gasteiger partial charge in [-0.15, -0.1) is 0 Å². The fourth-order valence-corrected chi connectivity index (χ4v) is 3.72. The first kappa shape index (κ1) is 14.6. The summed E-state index contributed by atoms with van der Waals surface area (Å²) in [6.07, 6.45) is 7.87. The smallest absolute Gasteiger partial charge is 0.218 e. The Bertz CT molecular complexity index is 455. The maximum atomic E-state index is 5.53. The predicted octanol–water partition coefficient (Wildman–Crippen LogP) is 2.37. The molecule has 0 aromatic carbocycles. The molecule has 2 aliphatic heterocycles. The summed E-state index contributed by atoms with van der Waals surface area (Å²) in [6.45, 7) is 5.90. The number of nitrogens with one attached hydrogen (secondary N) is 1. The van der Waals surface area contributed by atoms with Crippen LogP contribution in [0.25, 0.3) is 0 Å². The molecule has 0 spiro atoms. The van der Waals surface area contributed by atoms with Gasteiger partial charge >= 0.3 is 0 Å². The highest BCUT2D eigenvalue weighted by atomic mass is 16.5. The van der Waals surface area contributed by atoms with E-state index < -0.39 is 0 Å². The van der Waals surface area contributed by atoms with E-state index in [0.717, 1.165) is 18.8 Å². The van der Waals surface area contributed by atoms with Crippen LogP contribution in [-0.2, 0) is 0 Å². The molecule has 3 rings (SSSR count). The molecule has 1 aromatic heterocycles. The number of rotatable bonds is 6. The van der Waals surface area contributed by atoms with Crippen molar-refractivity contribution in [3.8, 4) is 5.88 Å². The highest BCUT2D eigenvalue weighted by molar-refractivity contribution is 5.42. The molecule has 0 amide bonds. The molecule has 2 unspecified atom stereocenters. The molecule has 2 atom stereocenters. The summed E-state index contributed by atoms with van der Waals surface area (Å²) in [4.78, 5) is 11.2. The molecule has 116 valence electrons. The van der Waals surface area contributed by atoms with Crippen molar-refractivity contribution in [3.05, 3.63) is 12.4 Å². The lowest BCUT2D eigenvalue weighted by molar-refractivity contribution is 0.324. The van der Waals surface area contributed by atoms with Crippen LogP contribution in [0, 0.1) is 0 Å². The molecule has 2 bridgehead atoms. The summed E-state index contributed by atoms with van der Waals surface area (Å²) < 4.78 is 5.53. The summed E-state index contributed by atoms with van der Waals surface area (Å²) >= 11 is 0. The summed E-state index contributed by atoms with van der Waals surface area (Å²) in [5, 5.41) is 3.72. The molecule has 1 aromatic rings. The molecular weight excluding hydrogens is 264 g/mol. The van der Waals surface area contributed by atoms with Crippen LogP contribution in [0.1, 0.15) is 46.0 Å². The predicted molar refractivity (Wildman–Crippen MR) is 83.8 cm³/mol. The first-order valence-corrected chi connectivity index (χ1v) is 8.27. The monoisotopic (exact) mass is 290 g/mol. The van der Waals surface area contributed by atoms with Crippen molar-refractivity contribution in [2.24, 2.45) is 0 Å². The van der Waals surface area contributed by atoms with E-state index in [1.54, 1.807) is 6.33 Å². The number of fused-ring (bicyclic) bond motifs is 2. The van der Waals surface area contributed by atoms with Gasteiger partial charge in [-0.1, -0.05) is 6.92 Å². The minimum atomic E-state index is 0.591. The van der Waals surface area contributed by atoms with Gasteiger partial charge in [0.25, 0.3) is 0 Å². The lowest BCUT2D eigenvalue weighted by Gasteiger charge is -2.38. The van der Waals surface area contributed by atoms with Crippen LogP contribution in [0.2, 0.25) is 0 Å². The second kappa shape index (κ2) is 6.60. The third-order valence-electron chi connectivity index (χ3n) is 4.57. The quantitative estimate of drug-likeness (QED) is 0.871. The number of nitrogens with zero attached hydrogens (tertiary/aromatic N) is 3. The van der Waals surface area contributed by atoms with E-state index in [1.165, 1.54) is 25.7 Å². The van der Waals surface area contributed by atoms with E-state index in [4.69, 9.17) is 4.74 Å². The number of anilines is 1. The zero-order valence-electron chi connectivity index (χ0n) is 13.1. The van der Waals surface area contributed by atoms with Crippen molar-refractivity contribution in [1.29, 1.82) is 0 Å². The highest BCUT2D eigenvalue weighted by Gasteiger charge is 2.36. The average molecular weight is 290 g/mol. The van der Waals surface area contributed by atoms with Crippen LogP contribution in [0.4, 0.5) is 5.82 Å². The molecule has 5 heteroatoms. The molecule has 21 heavy (non-hydrogen) atoms. The van der Waals surface area contributed by atoms with E-state index in [-0.39, 0.29) is 0 Å². The number of ether oxygens (including phenoxy) is 1. The van der Waals surface area contributed by atoms with E-state index >= 15 is 0 Å². The average Bonchev–Trinajstić information content (AvgIpc) is 2.84. The first-order valence-electron chi connectivity index (χ1n) is 8.27. The van der Waals surface area contributed by atoms with Crippen LogP contribution in [0.15, 0.2) is 12.4 Å². The third kappa shape index (κ3) is 3.28. The van der Waals surface area contributed by atoms with Gasteiger partial charge in [0.05, 0.1) is 6.61 Å². The minimum absolute atomic E-state index is 0.591. The zero-order chi connectivity index (χ0) is 14.7. The maximum Gasteiger partial charge on any atom is 0.218 e. The molecule has 0 saturated carbocycles. The Morgan fingerprint density at radius 3 is 2.67 bits per heavy atom. The number of hydrogen-bond acceptors (Lipinski definition) is 5. The Kier molecular flexibility index (Phi) is 4.58. The van der Waals surface area contributed by atoms with Crippen molar-refractivity contribution in [2.45, 2.75) is 64.1 Å². The van der Waals surface area contributed by atoms with Crippen molar-refractivity contribution in [2.75, 3.05) is 18.1 Å². The van der Waals surface area contributed by atoms with Gasteiger partial charge in [-0.2, -0.15) is 0 Å². The molecule has 5 nitrogen and oxygen atoms in total. The van der Waals surface area contributed by atoms with Crippen molar-refractivity contribution >= 4 is 5.82 Å². The van der Waals surface area contributed by atoms with Crippen molar-refractivity contribution < 1.29 is 4.74 Å². The van der Waals surface area contributed by atoms with E-state index in [9.17, 15) is 0 Å². The van der Waals surface area contributed by atoms with Gasteiger partial charge in [-0.05, 0) is 39.0 Å². The Morgan fingerprint density at radius 2 is 2.00 bits per heavy atom. The molecule has 3 heterocycles. The summed E-state index contributed by atoms with van der Waals surface area (Å²) in [6, 6.07) is 3.97. The maximum absolute atomic E-state index is 5.53. The van der Waals surface area contributed by atoms with Crippen LogP contribution in [0.5, 0.6) is 5.88 Å². The molecule has 0 radical (unpaired) electrons. The van der Waals surface area contributed by atoms with Gasteiger partial charge < -0.3 is 15.0 Å². The van der Waals surface area contributed by atoms with E-state index in [2.05, 4.69) is 27.1 Å². The van der Waals surface area contributed by atoms with E-state index in [1.807, 2.05) is 13.0 Å². The number of aromatic nitrogens is 2. The summed E-state index contributed by atoms with van der Waals surface area (Å²) in [5.41, 5.74) is 0. The zero-order valence-corrected chi connectivity index (χ0v) is 13.1. The molecule has 2 aliphatic rings. The van der Waals surface area contributed by atoms with Gasteiger partial charge in [0, 0.05) is 30.7 Å². The SMILES string of the molecule is CCCN(c1cc(OCC)ncn1)C1CC2CCC(C1)N2. The fraction of sp³-hybridized carbons (Fsp3) is 0.750. The second-order valence-electron chi connectivity index (χ2n) is 6.10. The second-order valence-corrected chi connectivity index (χ2v) is 6.10. The summed E-state index contributed by atoms with van der Waals surface area (Å²) in [5.74, 6) is 1.70. The normalized spacial score (nSPS) is 27.6. The molecule has 0 aliphatic carbocycles. The van der Waals surface area contributed by atoms with E-state index in [0.29, 0.717) is 30.6 Å². The van der Waals surface area contributed by atoms with Gasteiger partial charge in [0.15, 0.2) is 0 Å². The molecular formula is C16H26N4O. The molecule has 2 saturated heterocycles. The van der Waals surface area contributed by atoms with Gasteiger partial charge in [0.2, 0.25) is 5.88 Å². The Morgan fingerprint density at radius 1 is 1.24 bits per heavy atom. The van der Waals surface area contributed by atoms with Crippen molar-refractivity contribution in [1.82, 2.24) is 15.3 Å². The van der Waals surface area contributed by atoms with Gasteiger partial charge in [0.1, 0.15) is 12.1 Å². The third-order valence-corrected chi connectivity index (χ3v) is 4.57. The highest BCUT2D eigenvalue weighted by Crippen LogP contribution is 2.32. The standard InChI is InChI=1S/C16H26N4O/c1-3-7-20(14-8-12-5-6-13(9-14)19-12)15-10-16(21-4-2)18-11-17-15/h10-14,19H,3-9H2,1-2H3. The number of piperidine rings is 1. The molecule has 2 fully saturated rings. The first-order chi connectivity index (χ1) is 10.3. The lowest BCUT2D eigenvalue weighted by Crippen LogP contribution is -2.49. The minimum Gasteiger partial charge on any atom is -0.478 e. The van der Waals surface area contributed by atoms with Crippen LogP contribution >= 0.6 is 0 Å². The summed E-state index contributed by atoms with van der Waals surface area (Å²) in [7, 11) is 0. The Hall–Kier alpha value is -1.36. The largest absolute Gasteiger partial charge is 0.478 e. The van der Waals surface area contributed by atoms with Gasteiger partial charge in [-0.3, -0.25) is 0 Å². The van der Waals surface area contributed by atoms with Crippen molar-refractivity contribution in [3.63, 3.8) is 0 Å². The molecule has 1 N–H and O–H groups in total. The van der Waals surface area contributed by atoms with Gasteiger partial charge in [-0.25, -0.2) is 9.97 Å². The van der Waals surface area contributed by atoms with Crippen LogP contribution in [0.3, 0.4) is 0 Å². The Balaban J connectivity index is 1.78. The number of hydrogen-bond donors (Lipinski definition) is 1. The Labute approximate surface area is 127 Å². The fourth-order valence-electron chi connectivity index (χ4n) is 3.72. The van der Waals surface area contributed by atoms with Crippen LogP contribution in [-0.4, -0.2) is 41.2 Å². The van der Waals surface area contributed by atoms with Crippen LogP contribution < -0.4 is 15.0 Å².